The summed E-state index contributed by atoms with van der Waals surface area (Å²) >= 11 is 0. The Morgan fingerprint density at radius 3 is 2.70 bits per heavy atom. The molecule has 3 amide bonds. The van der Waals surface area contributed by atoms with Crippen LogP contribution < -0.4 is 20.1 Å². The molecule has 5 rings (SSSR count). The summed E-state index contributed by atoms with van der Waals surface area (Å²) < 4.78 is 11.9. The Bertz CT molecular complexity index is 1510. The number of H-pyrrole nitrogens is 1. The Morgan fingerprint density at radius 1 is 1.16 bits per heavy atom. The molecule has 0 radical (unpaired) electrons. The molecule has 1 saturated heterocycles. The van der Waals surface area contributed by atoms with E-state index in [2.05, 4.69) is 15.6 Å². The number of methoxy groups -OCH3 is 1. The lowest BCUT2D eigenvalue weighted by atomic mass is 9.97. The lowest BCUT2D eigenvalue weighted by Gasteiger charge is -2.34. The Hall–Kier alpha value is -4.31. The fourth-order valence-corrected chi connectivity index (χ4v) is 5.97. The number of benzene rings is 2. The molecule has 3 N–H and O–H groups in total. The van der Waals surface area contributed by atoms with Gasteiger partial charge in [-0.25, -0.2) is 0 Å². The van der Waals surface area contributed by atoms with Crippen molar-refractivity contribution in [3.63, 3.8) is 0 Å². The minimum Gasteiger partial charge on any atom is -0.496 e. The molecule has 10 nitrogen and oxygen atoms in total. The van der Waals surface area contributed by atoms with E-state index in [0.29, 0.717) is 42.9 Å². The van der Waals surface area contributed by atoms with Gasteiger partial charge in [-0.15, -0.1) is 0 Å². The summed E-state index contributed by atoms with van der Waals surface area (Å²) in [5.41, 5.74) is 2.75. The Labute approximate surface area is 252 Å². The quantitative estimate of drug-likeness (QED) is 0.391. The molecule has 43 heavy (non-hydrogen) atoms. The molecule has 2 aromatic carbocycles. The molecule has 5 atom stereocenters. The molecule has 228 valence electrons. The van der Waals surface area contributed by atoms with Gasteiger partial charge in [0.15, 0.2) is 0 Å². The summed E-state index contributed by atoms with van der Waals surface area (Å²) in [6.07, 6.45) is 6.24. The number of likely N-dealkylation sites (tertiary alicyclic amines) is 1. The third kappa shape index (κ3) is 6.24. The van der Waals surface area contributed by atoms with Crippen LogP contribution in [0.3, 0.4) is 0 Å². The highest BCUT2D eigenvalue weighted by molar-refractivity contribution is 5.95. The van der Waals surface area contributed by atoms with Crippen LogP contribution in [0.2, 0.25) is 0 Å². The van der Waals surface area contributed by atoms with Gasteiger partial charge in [-0.2, -0.15) is 0 Å². The summed E-state index contributed by atoms with van der Waals surface area (Å²) in [4.78, 5) is 48.5. The number of ether oxygens (including phenoxy) is 2. The first-order valence-corrected chi connectivity index (χ1v) is 14.9. The zero-order chi connectivity index (χ0) is 30.7. The van der Waals surface area contributed by atoms with E-state index in [1.807, 2.05) is 69.4 Å². The molecule has 10 heteroatoms. The number of aromatic nitrogens is 1. The maximum atomic E-state index is 14.3. The maximum Gasteiger partial charge on any atom is 0.247 e. The highest BCUT2D eigenvalue weighted by Crippen LogP contribution is 2.31. The number of carbonyl (C=O) groups excluding carboxylic acids is 3. The molecule has 0 unspecified atom stereocenters. The van der Waals surface area contributed by atoms with Crippen molar-refractivity contribution in [3.05, 3.63) is 66.0 Å². The van der Waals surface area contributed by atoms with Crippen LogP contribution in [0.5, 0.6) is 11.5 Å². The third-order valence-electron chi connectivity index (χ3n) is 8.66. The fraction of sp³-hybridized carbons (Fsp3) is 0.424. The number of nitrogens with zero attached hydrogens (tertiary/aromatic N) is 2. The second-order valence-electron chi connectivity index (χ2n) is 11.6. The third-order valence-corrected chi connectivity index (χ3v) is 8.66. The molecule has 0 spiro atoms. The minimum absolute atomic E-state index is 0.139. The van der Waals surface area contributed by atoms with Gasteiger partial charge >= 0.3 is 0 Å². The van der Waals surface area contributed by atoms with E-state index in [0.717, 1.165) is 16.5 Å². The SMILES string of the molecule is CC[C@H](C)[C@H]1NC(=O)[C@H]2[C@H](CCN2C(=O)[C@H](Cc2c[nH]c3ccccc23)N(C)C)Oc2ccc(OC)c(c2)/C=C/NC1=O. The van der Waals surface area contributed by atoms with Crippen LogP contribution in [0.4, 0.5) is 0 Å². The molecule has 3 heterocycles. The van der Waals surface area contributed by atoms with E-state index < -0.39 is 30.1 Å². The summed E-state index contributed by atoms with van der Waals surface area (Å²) in [6, 6.07) is 11.2. The van der Waals surface area contributed by atoms with E-state index >= 15 is 0 Å². The first-order chi connectivity index (χ1) is 20.7. The summed E-state index contributed by atoms with van der Waals surface area (Å²) in [5, 5.41) is 6.86. The Kier molecular flexibility index (Phi) is 9.05. The van der Waals surface area contributed by atoms with E-state index in [-0.39, 0.29) is 17.7 Å². The van der Waals surface area contributed by atoms with Gasteiger partial charge in [-0.1, -0.05) is 38.5 Å². The summed E-state index contributed by atoms with van der Waals surface area (Å²) in [5.74, 6) is 0.132. The topological polar surface area (TPSA) is 116 Å². The summed E-state index contributed by atoms with van der Waals surface area (Å²) in [7, 11) is 5.33. The average molecular weight is 588 g/mol. The number of aromatic amines is 1. The highest BCUT2D eigenvalue weighted by atomic mass is 16.5. The van der Waals surface area contributed by atoms with Crippen molar-refractivity contribution in [1.29, 1.82) is 0 Å². The second-order valence-corrected chi connectivity index (χ2v) is 11.6. The van der Waals surface area contributed by atoms with Crippen molar-refractivity contribution >= 4 is 34.7 Å². The van der Waals surface area contributed by atoms with Crippen molar-refractivity contribution in [2.75, 3.05) is 27.7 Å². The number of rotatable bonds is 7. The zero-order valence-electron chi connectivity index (χ0n) is 25.4. The number of fused-ring (bicyclic) bond motifs is 4. The molecule has 2 aliphatic rings. The first kappa shape index (κ1) is 30.2. The molecule has 0 saturated carbocycles. The van der Waals surface area contributed by atoms with Gasteiger partial charge in [-0.3, -0.25) is 19.3 Å². The van der Waals surface area contributed by atoms with Gasteiger partial charge in [0, 0.05) is 41.8 Å². The van der Waals surface area contributed by atoms with E-state index in [4.69, 9.17) is 9.47 Å². The number of likely N-dealkylation sites (N-methyl/N-ethyl adjacent to an activating group) is 1. The molecular formula is C33H41N5O5. The minimum atomic E-state index is -0.920. The largest absolute Gasteiger partial charge is 0.496 e. The van der Waals surface area contributed by atoms with Gasteiger partial charge in [0.2, 0.25) is 17.7 Å². The Morgan fingerprint density at radius 2 is 1.95 bits per heavy atom. The molecule has 1 aromatic heterocycles. The Balaban J connectivity index is 1.50. The van der Waals surface area contributed by atoms with E-state index in [9.17, 15) is 14.4 Å². The van der Waals surface area contributed by atoms with E-state index in [1.165, 1.54) is 0 Å². The monoisotopic (exact) mass is 587 g/mol. The van der Waals surface area contributed by atoms with Crippen molar-refractivity contribution in [3.8, 4) is 11.5 Å². The lowest BCUT2D eigenvalue weighted by molar-refractivity contribution is -0.144. The smallest absolute Gasteiger partial charge is 0.247 e. The molecule has 2 bridgehead atoms. The van der Waals surface area contributed by atoms with Crippen molar-refractivity contribution in [2.45, 2.75) is 57.3 Å². The van der Waals surface area contributed by atoms with Crippen LogP contribution in [-0.4, -0.2) is 84.5 Å². The van der Waals surface area contributed by atoms with Crippen molar-refractivity contribution < 1.29 is 23.9 Å². The van der Waals surface area contributed by atoms with Crippen LogP contribution in [0, 0.1) is 5.92 Å². The molecule has 1 fully saturated rings. The van der Waals surface area contributed by atoms with Crippen LogP contribution >= 0.6 is 0 Å². The van der Waals surface area contributed by atoms with Crippen LogP contribution in [0.25, 0.3) is 17.0 Å². The molecule has 0 aliphatic carbocycles. The van der Waals surface area contributed by atoms with Crippen molar-refractivity contribution in [1.82, 2.24) is 25.4 Å². The number of hydrogen-bond donors (Lipinski definition) is 3. The maximum absolute atomic E-state index is 14.3. The van der Waals surface area contributed by atoms with Gasteiger partial charge in [0.1, 0.15) is 29.7 Å². The second kappa shape index (κ2) is 12.9. The van der Waals surface area contributed by atoms with Gasteiger partial charge in [0.25, 0.3) is 0 Å². The lowest BCUT2D eigenvalue weighted by Crippen LogP contribution is -2.59. The normalized spacial score (nSPS) is 22.7. The predicted octanol–water partition coefficient (Wildman–Crippen LogP) is 3.33. The van der Waals surface area contributed by atoms with Crippen LogP contribution in [0.1, 0.15) is 37.8 Å². The van der Waals surface area contributed by atoms with Crippen LogP contribution in [-0.2, 0) is 20.8 Å². The van der Waals surface area contributed by atoms with Gasteiger partial charge in [-0.05, 0) is 62.3 Å². The highest BCUT2D eigenvalue weighted by Gasteiger charge is 2.46. The van der Waals surface area contributed by atoms with Gasteiger partial charge < -0.3 is 30.0 Å². The molecule has 3 aromatic rings. The molecular weight excluding hydrogens is 546 g/mol. The molecule has 2 aliphatic heterocycles. The fourth-order valence-electron chi connectivity index (χ4n) is 5.97. The zero-order valence-corrected chi connectivity index (χ0v) is 25.4. The standard InChI is InChI=1S/C33H41N5O5/c1-6-20(2)29-31(39)34-15-13-21-17-23(11-12-27(21)42-5)43-28-14-16-38(30(28)32(40)36-29)33(41)26(37(3)4)18-22-19-35-25-10-8-7-9-24(22)25/h7-13,15,17,19-20,26,28-30,35H,6,14,16,18H2,1-5H3,(H,34,39)(H,36,40)/b15-13+/t20-,26-,28-,29+,30+/m0/s1. The number of para-hydroxylation sites is 1. The van der Waals surface area contributed by atoms with Crippen molar-refractivity contribution in [2.24, 2.45) is 5.92 Å². The average Bonchev–Trinajstić information content (AvgIpc) is 3.61. The van der Waals surface area contributed by atoms with Gasteiger partial charge in [0.05, 0.1) is 13.2 Å². The number of amides is 3. The predicted molar refractivity (Wildman–Crippen MR) is 166 cm³/mol. The van der Waals surface area contributed by atoms with Crippen LogP contribution in [0.15, 0.2) is 54.9 Å². The van der Waals surface area contributed by atoms with E-state index in [1.54, 1.807) is 36.4 Å². The number of carbonyl (C=O) groups is 3. The number of hydrogen-bond acceptors (Lipinski definition) is 6. The summed E-state index contributed by atoms with van der Waals surface area (Å²) in [6.45, 7) is 4.25. The first-order valence-electron chi connectivity index (χ1n) is 14.9. The number of nitrogens with one attached hydrogen (secondary N) is 3.